The lowest BCUT2D eigenvalue weighted by Gasteiger charge is -2.62. The average Bonchev–Trinajstić information content (AvgIpc) is 2.85. The van der Waals surface area contributed by atoms with Crippen LogP contribution in [-0.2, 0) is 4.79 Å². The minimum Gasteiger partial charge on any atom is -0.390 e. The van der Waals surface area contributed by atoms with Gasteiger partial charge in [0.05, 0.1) is 17.1 Å². The van der Waals surface area contributed by atoms with E-state index in [1.165, 1.54) is 6.08 Å². The molecule has 0 spiro atoms. The fourth-order valence-electron chi connectivity index (χ4n) is 7.32. The van der Waals surface area contributed by atoms with Gasteiger partial charge in [0.2, 0.25) is 0 Å². The molecule has 168 valence electrons. The standard InChI is InChI=1S/C24H34F2O4/c1-6-8-21(4)16(7-2)19(25)10-18-17-9-14(3)23(30,11-15(28)13-27)22(17,5)12-20(29)24(18,21)26/h7-8,14,17-20,27,29-30H,1,9-13H2,2-5H3/b16-7-/t14?,17?,18?,19-,20?,21?,22?,23+,24-/m0/s1. The number of hydrogen-bond acceptors (Lipinski definition) is 4. The first-order valence-corrected chi connectivity index (χ1v) is 10.8. The number of carbonyl (C=O) groups excluding carboxylic acids is 1. The number of allylic oxidation sites excluding steroid dienone is 3. The topological polar surface area (TPSA) is 77.8 Å². The first kappa shape index (κ1) is 23.3. The van der Waals surface area contributed by atoms with Crippen LogP contribution in [0.15, 0.2) is 30.0 Å². The molecule has 4 nitrogen and oxygen atoms in total. The van der Waals surface area contributed by atoms with Gasteiger partial charge < -0.3 is 15.3 Å². The summed E-state index contributed by atoms with van der Waals surface area (Å²) in [6, 6.07) is 0. The fraction of sp³-hybridized carbons (Fsp3) is 0.750. The molecule has 6 heteroatoms. The number of alkyl halides is 2. The number of aliphatic hydroxyl groups excluding tert-OH is 2. The van der Waals surface area contributed by atoms with E-state index in [2.05, 4.69) is 12.3 Å². The Balaban J connectivity index is 2.17. The van der Waals surface area contributed by atoms with Gasteiger partial charge in [0.1, 0.15) is 12.8 Å². The van der Waals surface area contributed by atoms with Gasteiger partial charge in [-0.1, -0.05) is 26.5 Å². The van der Waals surface area contributed by atoms with Crippen LogP contribution in [0, 0.1) is 28.6 Å². The molecule has 0 amide bonds. The SMILES string of the molecule is C=C=CC1(C)/C(=C\C)[C@@H](F)CC2C3CC(C)[C@](O)(CC(=O)CO)C3(C)CC(O)[C@@]21F. The molecule has 0 aromatic heterocycles. The molecule has 3 saturated carbocycles. The second kappa shape index (κ2) is 7.37. The summed E-state index contributed by atoms with van der Waals surface area (Å²) in [4.78, 5) is 12.1. The summed E-state index contributed by atoms with van der Waals surface area (Å²) >= 11 is 0. The first-order valence-electron chi connectivity index (χ1n) is 10.8. The Morgan fingerprint density at radius 2 is 1.97 bits per heavy atom. The van der Waals surface area contributed by atoms with Crippen molar-refractivity contribution in [3.05, 3.63) is 30.0 Å². The molecule has 0 aromatic rings. The van der Waals surface area contributed by atoms with Gasteiger partial charge >= 0.3 is 0 Å². The van der Waals surface area contributed by atoms with E-state index in [-0.39, 0.29) is 30.8 Å². The van der Waals surface area contributed by atoms with E-state index < -0.39 is 58.6 Å². The summed E-state index contributed by atoms with van der Waals surface area (Å²) in [5.41, 5.74) is -3.17. The van der Waals surface area contributed by atoms with Crippen LogP contribution < -0.4 is 0 Å². The molecule has 0 saturated heterocycles. The predicted molar refractivity (Wildman–Crippen MR) is 110 cm³/mol. The van der Waals surface area contributed by atoms with Gasteiger partial charge in [0, 0.05) is 17.8 Å². The van der Waals surface area contributed by atoms with Gasteiger partial charge in [0.15, 0.2) is 11.5 Å². The van der Waals surface area contributed by atoms with E-state index in [4.69, 9.17) is 0 Å². The summed E-state index contributed by atoms with van der Waals surface area (Å²) in [5, 5.41) is 32.0. The van der Waals surface area contributed by atoms with Crippen LogP contribution in [0.4, 0.5) is 8.78 Å². The molecule has 3 aliphatic carbocycles. The van der Waals surface area contributed by atoms with Gasteiger partial charge in [-0.15, -0.1) is 5.73 Å². The Bertz CT molecular complexity index is 805. The monoisotopic (exact) mass is 424 g/mol. The maximum Gasteiger partial charge on any atom is 0.161 e. The van der Waals surface area contributed by atoms with Crippen molar-refractivity contribution in [3.63, 3.8) is 0 Å². The number of hydrogen-bond donors (Lipinski definition) is 3. The van der Waals surface area contributed by atoms with Gasteiger partial charge in [-0.05, 0) is 56.6 Å². The van der Waals surface area contributed by atoms with Crippen LogP contribution in [0.5, 0.6) is 0 Å². The quantitative estimate of drug-likeness (QED) is 0.477. The highest BCUT2D eigenvalue weighted by atomic mass is 19.1. The molecule has 3 rings (SSSR count). The highest BCUT2D eigenvalue weighted by Gasteiger charge is 2.75. The van der Waals surface area contributed by atoms with E-state index in [9.17, 15) is 20.1 Å². The number of ketones is 1. The molecule has 3 N–H and O–H groups in total. The molecule has 6 unspecified atom stereocenters. The highest BCUT2D eigenvalue weighted by molar-refractivity contribution is 5.80. The van der Waals surface area contributed by atoms with Crippen molar-refractivity contribution < 1.29 is 28.9 Å². The number of halogens is 2. The van der Waals surface area contributed by atoms with E-state index in [1.54, 1.807) is 33.8 Å². The molecular weight excluding hydrogens is 390 g/mol. The zero-order chi connectivity index (χ0) is 22.7. The van der Waals surface area contributed by atoms with Gasteiger partial charge in [0.25, 0.3) is 0 Å². The molecule has 3 aliphatic rings. The Morgan fingerprint density at radius 3 is 2.50 bits per heavy atom. The van der Waals surface area contributed by atoms with Crippen molar-refractivity contribution in [2.24, 2.45) is 28.6 Å². The third-order valence-electron chi connectivity index (χ3n) is 8.90. The summed E-state index contributed by atoms with van der Waals surface area (Å²) in [7, 11) is 0. The Morgan fingerprint density at radius 1 is 1.33 bits per heavy atom. The summed E-state index contributed by atoms with van der Waals surface area (Å²) in [6.45, 7) is 9.70. The van der Waals surface area contributed by atoms with E-state index in [1.807, 2.05) is 0 Å². The maximum absolute atomic E-state index is 17.0. The van der Waals surface area contributed by atoms with Crippen molar-refractivity contribution >= 4 is 5.78 Å². The first-order chi connectivity index (χ1) is 13.9. The normalized spacial score (nSPS) is 51.8. The Labute approximate surface area is 177 Å². The van der Waals surface area contributed by atoms with Gasteiger partial charge in [-0.3, -0.25) is 4.79 Å². The largest absolute Gasteiger partial charge is 0.390 e. The second-order valence-corrected chi connectivity index (χ2v) is 10.1. The molecule has 0 aromatic carbocycles. The van der Waals surface area contributed by atoms with Gasteiger partial charge in [-0.25, -0.2) is 8.78 Å². The van der Waals surface area contributed by atoms with Crippen LogP contribution in [-0.4, -0.2) is 51.3 Å². The molecule has 0 aliphatic heterocycles. The average molecular weight is 425 g/mol. The zero-order valence-corrected chi connectivity index (χ0v) is 18.3. The third kappa shape index (κ3) is 2.70. The number of Topliss-reactive ketones (excluding diaryl/α,β-unsaturated/α-hetero) is 1. The molecule has 0 bridgehead atoms. The number of carbonyl (C=O) groups is 1. The van der Waals surface area contributed by atoms with Crippen molar-refractivity contribution in [2.75, 3.05) is 6.61 Å². The van der Waals surface area contributed by atoms with E-state index in [0.29, 0.717) is 6.42 Å². The molecular formula is C24H34F2O4. The highest BCUT2D eigenvalue weighted by Crippen LogP contribution is 2.71. The Kier molecular flexibility index (Phi) is 5.73. The maximum atomic E-state index is 17.0. The van der Waals surface area contributed by atoms with Crippen molar-refractivity contribution in [3.8, 4) is 0 Å². The van der Waals surface area contributed by atoms with Crippen LogP contribution in [0.25, 0.3) is 0 Å². The molecule has 0 heterocycles. The summed E-state index contributed by atoms with van der Waals surface area (Å²) in [6.07, 6.45) is 0.137. The fourth-order valence-corrected chi connectivity index (χ4v) is 7.32. The molecule has 3 fully saturated rings. The Hall–Kier alpha value is -1.33. The van der Waals surface area contributed by atoms with E-state index in [0.717, 1.165) is 0 Å². The minimum atomic E-state index is -2.15. The van der Waals surface area contributed by atoms with E-state index >= 15 is 8.78 Å². The van der Waals surface area contributed by atoms with Crippen molar-refractivity contribution in [1.29, 1.82) is 0 Å². The van der Waals surface area contributed by atoms with Crippen LogP contribution >= 0.6 is 0 Å². The lowest BCUT2D eigenvalue weighted by Crippen LogP contribution is -2.69. The molecule has 9 atom stereocenters. The molecule has 0 radical (unpaired) electrons. The van der Waals surface area contributed by atoms with Crippen molar-refractivity contribution in [2.45, 2.75) is 76.9 Å². The van der Waals surface area contributed by atoms with Crippen LogP contribution in [0.2, 0.25) is 0 Å². The van der Waals surface area contributed by atoms with Crippen molar-refractivity contribution in [1.82, 2.24) is 0 Å². The third-order valence-corrected chi connectivity index (χ3v) is 8.90. The lowest BCUT2D eigenvalue weighted by molar-refractivity contribution is -0.225. The lowest BCUT2D eigenvalue weighted by atomic mass is 9.44. The van der Waals surface area contributed by atoms with Crippen LogP contribution in [0.1, 0.15) is 53.4 Å². The van der Waals surface area contributed by atoms with Gasteiger partial charge in [-0.2, -0.15) is 0 Å². The number of rotatable bonds is 4. The second-order valence-electron chi connectivity index (χ2n) is 10.1. The predicted octanol–water partition coefficient (Wildman–Crippen LogP) is 3.46. The summed E-state index contributed by atoms with van der Waals surface area (Å²) < 4.78 is 32.4. The molecule has 30 heavy (non-hydrogen) atoms. The summed E-state index contributed by atoms with van der Waals surface area (Å²) in [5.74, 6) is -2.13. The number of fused-ring (bicyclic) bond motifs is 3. The number of aliphatic hydroxyl groups is 3. The minimum absolute atomic E-state index is 0.0568. The van der Waals surface area contributed by atoms with Crippen LogP contribution in [0.3, 0.4) is 0 Å². The zero-order valence-electron chi connectivity index (χ0n) is 18.3. The smallest absolute Gasteiger partial charge is 0.161 e.